The van der Waals surface area contributed by atoms with Crippen LogP contribution in [-0.2, 0) is 16.0 Å². The Bertz CT molecular complexity index is 766. The van der Waals surface area contributed by atoms with Crippen LogP contribution in [0.5, 0.6) is 5.75 Å². The molecule has 0 unspecified atom stereocenters. The number of ether oxygens (including phenoxy) is 2. The van der Waals surface area contributed by atoms with E-state index >= 15 is 0 Å². The molecule has 0 saturated heterocycles. The van der Waals surface area contributed by atoms with Crippen molar-refractivity contribution < 1.29 is 23.5 Å². The van der Waals surface area contributed by atoms with Gasteiger partial charge in [-0.1, -0.05) is 23.7 Å². The predicted molar refractivity (Wildman–Crippen MR) is 91.4 cm³/mol. The number of esters is 1. The molecule has 0 aromatic heterocycles. The summed E-state index contributed by atoms with van der Waals surface area (Å²) in [7, 11) is 1.39. The lowest BCUT2D eigenvalue weighted by molar-refractivity contribution is -0.124. The van der Waals surface area contributed by atoms with Gasteiger partial charge in [0.15, 0.2) is 6.61 Å². The molecule has 2 aromatic carbocycles. The fraction of sp³-hybridized carbons (Fsp3) is 0.222. The molecule has 132 valence electrons. The van der Waals surface area contributed by atoms with E-state index in [2.05, 4.69) is 5.32 Å². The van der Waals surface area contributed by atoms with Gasteiger partial charge < -0.3 is 14.8 Å². The number of carbonyl (C=O) groups is 2. The summed E-state index contributed by atoms with van der Waals surface area (Å²) in [5.41, 5.74) is 0.720. The normalized spacial score (nSPS) is 10.2. The van der Waals surface area contributed by atoms with Crippen LogP contribution >= 0.6 is 11.6 Å². The van der Waals surface area contributed by atoms with E-state index in [0.29, 0.717) is 18.0 Å². The third-order valence-corrected chi connectivity index (χ3v) is 3.59. The van der Waals surface area contributed by atoms with Crippen molar-refractivity contribution >= 4 is 23.5 Å². The third-order valence-electron chi connectivity index (χ3n) is 3.36. The number of benzene rings is 2. The fourth-order valence-electron chi connectivity index (χ4n) is 2.09. The van der Waals surface area contributed by atoms with Crippen LogP contribution in [0.4, 0.5) is 4.39 Å². The maximum Gasteiger partial charge on any atom is 0.341 e. The highest BCUT2D eigenvalue weighted by molar-refractivity contribution is 6.30. The highest BCUT2D eigenvalue weighted by Gasteiger charge is 2.15. The molecule has 0 spiro atoms. The molecule has 2 rings (SSSR count). The van der Waals surface area contributed by atoms with Crippen molar-refractivity contribution in [2.45, 2.75) is 6.42 Å². The van der Waals surface area contributed by atoms with Crippen molar-refractivity contribution in [2.75, 3.05) is 20.3 Å². The van der Waals surface area contributed by atoms with Crippen molar-refractivity contribution in [3.63, 3.8) is 0 Å². The molecule has 0 aliphatic heterocycles. The average molecular weight is 366 g/mol. The van der Waals surface area contributed by atoms with Crippen molar-refractivity contribution in [1.29, 1.82) is 0 Å². The van der Waals surface area contributed by atoms with E-state index in [0.717, 1.165) is 11.6 Å². The predicted octanol–water partition coefficient (Wildman–Crippen LogP) is 3.00. The summed E-state index contributed by atoms with van der Waals surface area (Å²) in [6, 6.07) is 11.0. The number of hydrogen-bond acceptors (Lipinski definition) is 4. The molecule has 0 atom stereocenters. The van der Waals surface area contributed by atoms with Gasteiger partial charge in [-0.05, 0) is 36.2 Å². The van der Waals surface area contributed by atoms with Gasteiger partial charge in [-0.3, -0.25) is 4.79 Å². The highest BCUT2D eigenvalue weighted by atomic mass is 35.5. The zero-order chi connectivity index (χ0) is 18.2. The van der Waals surface area contributed by atoms with E-state index in [1.165, 1.54) is 19.2 Å². The van der Waals surface area contributed by atoms with Gasteiger partial charge in [-0.15, -0.1) is 0 Å². The monoisotopic (exact) mass is 365 g/mol. The zero-order valence-electron chi connectivity index (χ0n) is 13.6. The second-order valence-electron chi connectivity index (χ2n) is 5.15. The molecule has 0 saturated carbocycles. The Kier molecular flexibility index (Phi) is 6.77. The number of rotatable bonds is 7. The van der Waals surface area contributed by atoms with E-state index in [1.54, 1.807) is 12.1 Å². The lowest BCUT2D eigenvalue weighted by Crippen LogP contribution is -2.30. The number of carbonyl (C=O) groups excluding carboxylic acids is 2. The molecule has 0 aliphatic carbocycles. The van der Waals surface area contributed by atoms with Crippen molar-refractivity contribution in [3.05, 3.63) is 64.4 Å². The second-order valence-corrected chi connectivity index (χ2v) is 5.59. The van der Waals surface area contributed by atoms with Crippen LogP contribution in [0.3, 0.4) is 0 Å². The molecular weight excluding hydrogens is 349 g/mol. The Hall–Kier alpha value is -2.60. The zero-order valence-corrected chi connectivity index (χ0v) is 14.3. The van der Waals surface area contributed by atoms with Crippen molar-refractivity contribution in [2.24, 2.45) is 0 Å². The molecule has 1 N–H and O–H groups in total. The summed E-state index contributed by atoms with van der Waals surface area (Å²) >= 11 is 5.88. The minimum absolute atomic E-state index is 0.257. The van der Waals surface area contributed by atoms with E-state index in [1.807, 2.05) is 12.1 Å². The first kappa shape index (κ1) is 18.7. The summed E-state index contributed by atoms with van der Waals surface area (Å²) in [6.45, 7) is -0.118. The number of hydrogen-bond donors (Lipinski definition) is 1. The van der Waals surface area contributed by atoms with Crippen molar-refractivity contribution in [1.82, 2.24) is 5.32 Å². The Morgan fingerprint density at radius 2 is 2.00 bits per heavy atom. The SMILES string of the molecule is COc1ccc(C(=O)OCC(=O)NCCc2cccc(Cl)c2)c(F)c1. The molecule has 0 bridgehead atoms. The Labute approximate surface area is 149 Å². The van der Waals surface area contributed by atoms with Crippen LogP contribution in [0.15, 0.2) is 42.5 Å². The van der Waals surface area contributed by atoms with Crippen molar-refractivity contribution in [3.8, 4) is 5.75 Å². The summed E-state index contributed by atoms with van der Waals surface area (Å²) < 4.78 is 23.4. The molecular formula is C18H17ClFNO4. The fourth-order valence-corrected chi connectivity index (χ4v) is 2.30. The summed E-state index contributed by atoms with van der Waals surface area (Å²) in [6.07, 6.45) is 0.591. The second kappa shape index (κ2) is 9.03. The van der Waals surface area contributed by atoms with Crippen LogP contribution in [-0.4, -0.2) is 32.1 Å². The molecule has 1 amide bonds. The van der Waals surface area contributed by atoms with Gasteiger partial charge in [0.25, 0.3) is 5.91 Å². The van der Waals surface area contributed by atoms with Crippen LogP contribution in [0.2, 0.25) is 5.02 Å². The molecule has 2 aromatic rings. The molecule has 5 nitrogen and oxygen atoms in total. The van der Waals surface area contributed by atoms with Gasteiger partial charge in [0.2, 0.25) is 0 Å². The molecule has 25 heavy (non-hydrogen) atoms. The molecule has 7 heteroatoms. The van der Waals surface area contributed by atoms with E-state index in [-0.39, 0.29) is 11.3 Å². The highest BCUT2D eigenvalue weighted by Crippen LogP contribution is 2.17. The minimum Gasteiger partial charge on any atom is -0.497 e. The number of halogens is 2. The third kappa shape index (κ3) is 5.76. The largest absolute Gasteiger partial charge is 0.497 e. The van der Waals surface area contributed by atoms with Gasteiger partial charge in [0, 0.05) is 17.6 Å². The first-order valence-corrected chi connectivity index (χ1v) is 7.89. The smallest absolute Gasteiger partial charge is 0.341 e. The molecule has 0 aliphatic rings. The maximum atomic E-state index is 13.7. The van der Waals surface area contributed by atoms with E-state index in [9.17, 15) is 14.0 Å². The summed E-state index contributed by atoms with van der Waals surface area (Å²) in [4.78, 5) is 23.5. The van der Waals surface area contributed by atoms with E-state index < -0.39 is 24.3 Å². The quantitative estimate of drug-likeness (QED) is 0.766. The topological polar surface area (TPSA) is 64.6 Å². The Morgan fingerprint density at radius 3 is 2.68 bits per heavy atom. The van der Waals surface area contributed by atoms with Crippen LogP contribution in [0.25, 0.3) is 0 Å². The van der Waals surface area contributed by atoms with Crippen LogP contribution in [0.1, 0.15) is 15.9 Å². The van der Waals surface area contributed by atoms with Crippen LogP contribution < -0.4 is 10.1 Å². The Morgan fingerprint density at radius 1 is 1.20 bits per heavy atom. The van der Waals surface area contributed by atoms with Gasteiger partial charge in [0.1, 0.15) is 11.6 Å². The number of amides is 1. The number of nitrogens with one attached hydrogen (secondary N) is 1. The number of methoxy groups -OCH3 is 1. The Balaban J connectivity index is 1.76. The lowest BCUT2D eigenvalue weighted by atomic mass is 10.1. The van der Waals surface area contributed by atoms with Gasteiger partial charge in [-0.2, -0.15) is 0 Å². The lowest BCUT2D eigenvalue weighted by Gasteiger charge is -2.08. The minimum atomic E-state index is -0.912. The maximum absolute atomic E-state index is 13.7. The van der Waals surface area contributed by atoms with Gasteiger partial charge in [0.05, 0.1) is 12.7 Å². The first-order valence-electron chi connectivity index (χ1n) is 7.51. The average Bonchev–Trinajstić information content (AvgIpc) is 2.59. The van der Waals surface area contributed by atoms with Gasteiger partial charge in [-0.25, -0.2) is 9.18 Å². The van der Waals surface area contributed by atoms with Crippen LogP contribution in [0, 0.1) is 5.82 Å². The summed E-state index contributed by atoms with van der Waals surface area (Å²) in [5.74, 6) is -1.87. The molecule has 0 radical (unpaired) electrons. The van der Waals surface area contributed by atoms with Gasteiger partial charge >= 0.3 is 5.97 Å². The molecule has 0 fully saturated rings. The first-order chi connectivity index (χ1) is 12.0. The standard InChI is InChI=1S/C18H17ClFNO4/c1-24-14-5-6-15(16(20)10-14)18(23)25-11-17(22)21-8-7-12-3-2-4-13(19)9-12/h2-6,9-10H,7-8,11H2,1H3,(H,21,22). The summed E-state index contributed by atoms with van der Waals surface area (Å²) in [5, 5.41) is 3.24. The van der Waals surface area contributed by atoms with E-state index in [4.69, 9.17) is 21.1 Å². The molecule has 0 heterocycles.